The zero-order chi connectivity index (χ0) is 17.6. The second kappa shape index (κ2) is 6.52. The number of amides is 2. The van der Waals surface area contributed by atoms with Crippen LogP contribution in [0.15, 0.2) is 18.2 Å². The van der Waals surface area contributed by atoms with Crippen molar-refractivity contribution < 1.29 is 14.3 Å². The maximum atomic E-state index is 13.1. The van der Waals surface area contributed by atoms with E-state index in [1.54, 1.807) is 25.3 Å². The van der Waals surface area contributed by atoms with Gasteiger partial charge in [-0.15, -0.1) is 0 Å². The third-order valence-corrected chi connectivity index (χ3v) is 5.86. The molecule has 1 aromatic carbocycles. The van der Waals surface area contributed by atoms with Crippen molar-refractivity contribution in [3.05, 3.63) is 28.8 Å². The normalized spacial score (nSPS) is 25.9. The third kappa shape index (κ3) is 3.22. The summed E-state index contributed by atoms with van der Waals surface area (Å²) in [7, 11) is 1.55. The van der Waals surface area contributed by atoms with Crippen molar-refractivity contribution in [3.63, 3.8) is 0 Å². The molecular weight excluding hydrogens is 340 g/mol. The lowest BCUT2D eigenvalue weighted by Crippen LogP contribution is -2.48. The molecule has 5 nitrogen and oxygen atoms in total. The summed E-state index contributed by atoms with van der Waals surface area (Å²) in [6.07, 6.45) is 4.31. The van der Waals surface area contributed by atoms with Crippen molar-refractivity contribution in [1.29, 1.82) is 0 Å². The number of rotatable bonds is 4. The molecule has 1 aliphatic carbocycles. The summed E-state index contributed by atoms with van der Waals surface area (Å²) in [5, 5.41) is 0.508. The summed E-state index contributed by atoms with van der Waals surface area (Å²) in [6.45, 7) is 1.96. The second-order valence-corrected chi connectivity index (χ2v) is 7.85. The van der Waals surface area contributed by atoms with Crippen LogP contribution in [-0.2, 0) is 4.79 Å². The average Bonchev–Trinajstić information content (AvgIpc) is 3.44. The molecule has 3 saturated heterocycles. The number of methoxy groups -OCH3 is 1. The van der Waals surface area contributed by atoms with Gasteiger partial charge in [0.2, 0.25) is 5.91 Å². The van der Waals surface area contributed by atoms with Gasteiger partial charge in [0.1, 0.15) is 5.75 Å². The Morgan fingerprint density at radius 2 is 2.04 bits per heavy atom. The molecule has 4 fully saturated rings. The summed E-state index contributed by atoms with van der Waals surface area (Å²) in [4.78, 5) is 29.8. The molecule has 1 aromatic rings. The highest BCUT2D eigenvalue weighted by Crippen LogP contribution is 2.36. The topological polar surface area (TPSA) is 49.9 Å². The Kier molecular flexibility index (Phi) is 4.36. The summed E-state index contributed by atoms with van der Waals surface area (Å²) in [5.74, 6) is 1.24. The SMILES string of the molecule is COc1ccc(Cl)cc1C(=O)N1C[C@H]2CC[C@@H](C1)N(CC1CC1)C2=O. The molecule has 0 N–H and O–H groups in total. The average molecular weight is 363 g/mol. The van der Waals surface area contributed by atoms with Gasteiger partial charge in [-0.2, -0.15) is 0 Å². The fourth-order valence-electron chi connectivity index (χ4n) is 4.04. The number of hydrogen-bond acceptors (Lipinski definition) is 3. The van der Waals surface area contributed by atoms with Crippen molar-refractivity contribution in [1.82, 2.24) is 9.80 Å². The maximum absolute atomic E-state index is 13.1. The lowest BCUT2D eigenvalue weighted by molar-refractivity contribution is -0.140. The lowest BCUT2D eigenvalue weighted by atomic mass is 9.94. The molecule has 0 radical (unpaired) electrons. The molecule has 1 saturated carbocycles. The molecule has 2 bridgehead atoms. The van der Waals surface area contributed by atoms with Gasteiger partial charge >= 0.3 is 0 Å². The molecule has 134 valence electrons. The van der Waals surface area contributed by atoms with Crippen molar-refractivity contribution >= 4 is 23.4 Å². The van der Waals surface area contributed by atoms with Gasteiger partial charge in [-0.25, -0.2) is 0 Å². The van der Waals surface area contributed by atoms with E-state index >= 15 is 0 Å². The van der Waals surface area contributed by atoms with Gasteiger partial charge in [-0.3, -0.25) is 9.59 Å². The van der Waals surface area contributed by atoms with Crippen LogP contribution in [0.3, 0.4) is 0 Å². The molecule has 4 aliphatic rings. The predicted octanol–water partition coefficient (Wildman–Crippen LogP) is 2.82. The van der Waals surface area contributed by atoms with Gasteiger partial charge in [0.05, 0.1) is 18.6 Å². The highest BCUT2D eigenvalue weighted by atomic mass is 35.5. The largest absolute Gasteiger partial charge is 0.496 e. The van der Waals surface area contributed by atoms with Crippen LogP contribution in [0.25, 0.3) is 0 Å². The van der Waals surface area contributed by atoms with Crippen LogP contribution in [0, 0.1) is 11.8 Å². The zero-order valence-corrected chi connectivity index (χ0v) is 15.2. The van der Waals surface area contributed by atoms with Crippen LogP contribution in [0.4, 0.5) is 0 Å². The minimum absolute atomic E-state index is 0.0772. The predicted molar refractivity (Wildman–Crippen MR) is 94.9 cm³/mol. The summed E-state index contributed by atoms with van der Waals surface area (Å²) >= 11 is 6.08. The first-order valence-corrected chi connectivity index (χ1v) is 9.38. The molecule has 2 atom stereocenters. The van der Waals surface area contributed by atoms with E-state index < -0.39 is 0 Å². The van der Waals surface area contributed by atoms with Crippen LogP contribution in [0.2, 0.25) is 5.02 Å². The monoisotopic (exact) mass is 362 g/mol. The Bertz CT molecular complexity index is 704. The minimum atomic E-state index is -0.0997. The lowest BCUT2D eigenvalue weighted by Gasteiger charge is -2.36. The van der Waals surface area contributed by atoms with E-state index in [0.717, 1.165) is 19.4 Å². The molecule has 0 aromatic heterocycles. The summed E-state index contributed by atoms with van der Waals surface area (Å²) in [6, 6.07) is 5.22. The first kappa shape index (κ1) is 16.7. The quantitative estimate of drug-likeness (QED) is 0.827. The van der Waals surface area contributed by atoms with Crippen LogP contribution in [0.5, 0.6) is 5.75 Å². The van der Waals surface area contributed by atoms with E-state index in [2.05, 4.69) is 0 Å². The Hall–Kier alpha value is -1.75. The fourth-order valence-corrected chi connectivity index (χ4v) is 4.21. The van der Waals surface area contributed by atoms with Crippen LogP contribution < -0.4 is 4.74 Å². The van der Waals surface area contributed by atoms with Gasteiger partial charge in [-0.1, -0.05) is 11.6 Å². The third-order valence-electron chi connectivity index (χ3n) is 5.62. The number of fused-ring (bicyclic) bond motifs is 4. The van der Waals surface area contributed by atoms with E-state index in [0.29, 0.717) is 35.3 Å². The van der Waals surface area contributed by atoms with Crippen LogP contribution in [-0.4, -0.2) is 54.4 Å². The number of halogens is 1. The molecule has 2 amide bonds. The van der Waals surface area contributed by atoms with E-state index in [-0.39, 0.29) is 23.8 Å². The number of hydrogen-bond donors (Lipinski definition) is 0. The fraction of sp³-hybridized carbons (Fsp3) is 0.579. The first-order chi connectivity index (χ1) is 12.1. The number of carbonyl (C=O) groups excluding carboxylic acids is 2. The highest BCUT2D eigenvalue weighted by molar-refractivity contribution is 6.31. The van der Waals surface area contributed by atoms with Gasteiger partial charge in [0, 0.05) is 30.7 Å². The van der Waals surface area contributed by atoms with E-state index in [1.807, 2.05) is 9.80 Å². The Balaban J connectivity index is 1.58. The minimum Gasteiger partial charge on any atom is -0.496 e. The molecule has 3 aliphatic heterocycles. The number of piperidine rings is 1. The second-order valence-electron chi connectivity index (χ2n) is 7.42. The number of benzene rings is 1. The smallest absolute Gasteiger partial charge is 0.257 e. The van der Waals surface area contributed by atoms with Gasteiger partial charge in [-0.05, 0) is 49.8 Å². The van der Waals surface area contributed by atoms with Crippen molar-refractivity contribution in [3.8, 4) is 5.75 Å². The molecule has 0 unspecified atom stereocenters. The van der Waals surface area contributed by atoms with Gasteiger partial charge in [0.25, 0.3) is 5.91 Å². The van der Waals surface area contributed by atoms with Gasteiger partial charge < -0.3 is 14.5 Å². The van der Waals surface area contributed by atoms with E-state index in [1.165, 1.54) is 12.8 Å². The highest BCUT2D eigenvalue weighted by Gasteiger charge is 2.43. The van der Waals surface area contributed by atoms with Gasteiger partial charge in [0.15, 0.2) is 0 Å². The van der Waals surface area contributed by atoms with E-state index in [9.17, 15) is 9.59 Å². The molecule has 25 heavy (non-hydrogen) atoms. The van der Waals surface area contributed by atoms with Crippen molar-refractivity contribution in [2.24, 2.45) is 11.8 Å². The Morgan fingerprint density at radius 3 is 2.76 bits per heavy atom. The van der Waals surface area contributed by atoms with Crippen molar-refractivity contribution in [2.45, 2.75) is 31.7 Å². The van der Waals surface area contributed by atoms with Crippen molar-refractivity contribution in [2.75, 3.05) is 26.7 Å². The Morgan fingerprint density at radius 1 is 1.24 bits per heavy atom. The molecule has 0 spiro atoms. The number of carbonyl (C=O) groups is 2. The summed E-state index contributed by atoms with van der Waals surface area (Å²) in [5.41, 5.74) is 0.470. The van der Waals surface area contributed by atoms with Crippen LogP contribution in [0.1, 0.15) is 36.0 Å². The van der Waals surface area contributed by atoms with E-state index in [4.69, 9.17) is 16.3 Å². The first-order valence-electron chi connectivity index (χ1n) is 9.00. The summed E-state index contributed by atoms with van der Waals surface area (Å²) < 4.78 is 5.33. The van der Waals surface area contributed by atoms with Crippen LogP contribution >= 0.6 is 11.6 Å². The number of nitrogens with zero attached hydrogens (tertiary/aromatic N) is 2. The standard InChI is InChI=1S/C19H23ClN2O3/c1-25-17-7-5-14(20)8-16(17)19(24)21-10-13-4-6-15(11-21)22(18(13)23)9-12-2-3-12/h5,7-8,12-13,15H,2-4,6,9-11H2,1H3/t13-,15+/m1/s1. The molecule has 3 heterocycles. The maximum Gasteiger partial charge on any atom is 0.257 e. The molecule has 5 rings (SSSR count). The Labute approximate surface area is 152 Å². The molecular formula is C19H23ClN2O3. The molecule has 6 heteroatoms. The number of ether oxygens (including phenoxy) is 1. The zero-order valence-electron chi connectivity index (χ0n) is 14.4.